The molecule has 1 N–H and O–H groups in total. The Hall–Kier alpha value is -0.790. The number of allylic oxidation sites excluding steroid dienone is 1. The van der Waals surface area contributed by atoms with E-state index >= 15 is 0 Å². The minimum Gasteiger partial charge on any atom is -0.350 e. The highest BCUT2D eigenvalue weighted by Crippen LogP contribution is 2.18. The van der Waals surface area contributed by atoms with Crippen LogP contribution in [0.5, 0.6) is 0 Å². The molecule has 14 heavy (non-hydrogen) atoms. The zero-order chi connectivity index (χ0) is 11.8. The van der Waals surface area contributed by atoms with Crippen LogP contribution >= 0.6 is 0 Å². The molecule has 1 amide bonds. The second-order valence-electron chi connectivity index (χ2n) is 4.10. The molecule has 2 nitrogen and oxygen atoms in total. The van der Waals surface area contributed by atoms with Gasteiger partial charge in [-0.1, -0.05) is 40.7 Å². The van der Waals surface area contributed by atoms with Crippen molar-refractivity contribution in [3.05, 3.63) is 12.2 Å². The number of amides is 1. The minimum absolute atomic E-state index is 0. The van der Waals surface area contributed by atoms with Crippen LogP contribution < -0.4 is 5.32 Å². The van der Waals surface area contributed by atoms with Crippen LogP contribution in [0.3, 0.4) is 0 Å². The largest absolute Gasteiger partial charge is 0.350 e. The average molecular weight is 201 g/mol. The molecule has 0 aliphatic heterocycles. The maximum atomic E-state index is 11.1. The predicted molar refractivity (Wildman–Crippen MR) is 65.3 cm³/mol. The molecule has 0 radical (unpaired) electrons. The average Bonchev–Trinajstić information content (AvgIpc) is 2.06. The van der Waals surface area contributed by atoms with E-state index in [-0.39, 0.29) is 18.8 Å². The molecule has 1 atom stereocenters. The monoisotopic (exact) mass is 201 g/mol. The second kappa shape index (κ2) is 7.60. The lowest BCUT2D eigenvalue weighted by Crippen LogP contribution is -2.40. The molecule has 0 aromatic rings. The fourth-order valence-corrected chi connectivity index (χ4v) is 0.629. The number of nitrogens with one attached hydrogen (secondary N) is 1. The molecule has 0 heterocycles. The molecule has 86 valence electrons. The third-order valence-electron chi connectivity index (χ3n) is 1.98. The Balaban J connectivity index is -0.000000449. The van der Waals surface area contributed by atoms with E-state index < -0.39 is 0 Å². The number of carbonyl (C=O) groups is 1. The van der Waals surface area contributed by atoms with Crippen molar-refractivity contribution in [2.45, 2.75) is 54.5 Å². The smallest absolute Gasteiger partial charge is 0.243 e. The zero-order valence-electron chi connectivity index (χ0n) is 10.6. The Bertz CT molecular complexity index is 183. The molecule has 0 aromatic heterocycles. The molecule has 0 spiro atoms. The van der Waals surface area contributed by atoms with E-state index in [1.54, 1.807) is 12.2 Å². The number of rotatable bonds is 2. The van der Waals surface area contributed by atoms with E-state index in [2.05, 4.69) is 26.1 Å². The topological polar surface area (TPSA) is 29.1 Å². The fourth-order valence-electron chi connectivity index (χ4n) is 0.629. The van der Waals surface area contributed by atoms with Gasteiger partial charge in [0, 0.05) is 7.47 Å². The Kier molecular flexibility index (Phi) is 8.51. The van der Waals surface area contributed by atoms with Crippen LogP contribution in [-0.4, -0.2) is 11.9 Å². The van der Waals surface area contributed by atoms with E-state index in [0.29, 0.717) is 0 Å². The van der Waals surface area contributed by atoms with Gasteiger partial charge in [0.15, 0.2) is 0 Å². The van der Waals surface area contributed by atoms with E-state index in [1.807, 2.05) is 27.7 Å². The van der Waals surface area contributed by atoms with Gasteiger partial charge in [0.2, 0.25) is 5.91 Å². The quantitative estimate of drug-likeness (QED) is 0.682. The van der Waals surface area contributed by atoms with Gasteiger partial charge in [0.05, 0.1) is 0 Å². The third kappa shape index (κ3) is 7.84. The lowest BCUT2D eigenvalue weighted by molar-refractivity contribution is -0.117. The molecule has 2 heteroatoms. The minimum atomic E-state index is -0.0140. The van der Waals surface area contributed by atoms with Gasteiger partial charge in [-0.3, -0.25) is 4.79 Å². The standard InChI is InChI=1S/C10H19NO.C2H6.H2/c1-6-7-9(12)11-8(2)10(3,4)5;1-2;/h6-8H,1-5H3,(H,11,12);1-2H3;1H/b7-6-;;. The summed E-state index contributed by atoms with van der Waals surface area (Å²) < 4.78 is 0. The van der Waals surface area contributed by atoms with Crippen LogP contribution in [0.4, 0.5) is 0 Å². The van der Waals surface area contributed by atoms with Crippen molar-refractivity contribution in [1.82, 2.24) is 5.32 Å². The summed E-state index contributed by atoms with van der Waals surface area (Å²) in [4.78, 5) is 11.1. The molecule has 0 aliphatic carbocycles. The van der Waals surface area contributed by atoms with E-state index in [4.69, 9.17) is 0 Å². The van der Waals surface area contributed by atoms with Crippen LogP contribution in [0, 0.1) is 5.41 Å². The van der Waals surface area contributed by atoms with Crippen molar-refractivity contribution in [3.8, 4) is 0 Å². The van der Waals surface area contributed by atoms with Crippen molar-refractivity contribution in [1.29, 1.82) is 0 Å². The first kappa shape index (κ1) is 15.7. The number of hydrogen-bond acceptors (Lipinski definition) is 1. The lowest BCUT2D eigenvalue weighted by atomic mass is 9.88. The summed E-state index contributed by atoms with van der Waals surface area (Å²) in [6.45, 7) is 14.2. The van der Waals surface area contributed by atoms with Gasteiger partial charge in [-0.15, -0.1) is 0 Å². The first-order valence-corrected chi connectivity index (χ1v) is 5.31. The molecule has 0 saturated carbocycles. The predicted octanol–water partition coefficient (Wildman–Crippen LogP) is 3.39. The third-order valence-corrected chi connectivity index (χ3v) is 1.98. The second-order valence-corrected chi connectivity index (χ2v) is 4.10. The SMILES string of the molecule is C/C=C\C(=O)NC(C)C(C)(C)C.CC.[HH]. The molecule has 0 bridgehead atoms. The molecule has 0 saturated heterocycles. The summed E-state index contributed by atoms with van der Waals surface area (Å²) >= 11 is 0. The molecular formula is C12H27NO. The summed E-state index contributed by atoms with van der Waals surface area (Å²) in [6, 6.07) is 0.196. The number of carbonyl (C=O) groups excluding carboxylic acids is 1. The Morgan fingerprint density at radius 1 is 1.36 bits per heavy atom. The van der Waals surface area contributed by atoms with Gasteiger partial charge in [0.1, 0.15) is 0 Å². The Morgan fingerprint density at radius 2 is 1.79 bits per heavy atom. The van der Waals surface area contributed by atoms with Gasteiger partial charge in [-0.25, -0.2) is 0 Å². The van der Waals surface area contributed by atoms with Gasteiger partial charge < -0.3 is 5.32 Å². The maximum absolute atomic E-state index is 11.1. The summed E-state index contributed by atoms with van der Waals surface area (Å²) in [7, 11) is 0. The van der Waals surface area contributed by atoms with Crippen LogP contribution in [0.2, 0.25) is 0 Å². The maximum Gasteiger partial charge on any atom is 0.243 e. The van der Waals surface area contributed by atoms with Crippen molar-refractivity contribution in [3.63, 3.8) is 0 Å². The Labute approximate surface area is 90.3 Å². The first-order chi connectivity index (χ1) is 6.38. The van der Waals surface area contributed by atoms with Gasteiger partial charge in [0.25, 0.3) is 0 Å². The van der Waals surface area contributed by atoms with E-state index in [1.165, 1.54) is 0 Å². The summed E-state index contributed by atoms with van der Waals surface area (Å²) in [5, 5.41) is 2.90. The van der Waals surface area contributed by atoms with Crippen molar-refractivity contribution >= 4 is 5.91 Å². The van der Waals surface area contributed by atoms with Crippen LogP contribution in [-0.2, 0) is 4.79 Å². The van der Waals surface area contributed by atoms with Crippen molar-refractivity contribution in [2.75, 3.05) is 0 Å². The highest BCUT2D eigenvalue weighted by molar-refractivity contribution is 5.87. The van der Waals surface area contributed by atoms with Crippen LogP contribution in [0.25, 0.3) is 0 Å². The van der Waals surface area contributed by atoms with Crippen LogP contribution in [0.15, 0.2) is 12.2 Å². The summed E-state index contributed by atoms with van der Waals surface area (Å²) in [6.07, 6.45) is 3.28. The summed E-state index contributed by atoms with van der Waals surface area (Å²) in [5.74, 6) is -0.0140. The molecule has 0 rings (SSSR count). The first-order valence-electron chi connectivity index (χ1n) is 5.31. The molecule has 0 aromatic carbocycles. The Morgan fingerprint density at radius 3 is 2.07 bits per heavy atom. The van der Waals surface area contributed by atoms with E-state index in [0.717, 1.165) is 0 Å². The fraction of sp³-hybridized carbons (Fsp3) is 0.750. The zero-order valence-corrected chi connectivity index (χ0v) is 10.6. The van der Waals surface area contributed by atoms with Gasteiger partial charge in [-0.2, -0.15) is 0 Å². The molecule has 1 unspecified atom stereocenters. The van der Waals surface area contributed by atoms with Gasteiger partial charge >= 0.3 is 0 Å². The number of hydrogen-bond donors (Lipinski definition) is 1. The molecule has 0 fully saturated rings. The molecular weight excluding hydrogens is 174 g/mol. The highest BCUT2D eigenvalue weighted by atomic mass is 16.1. The van der Waals surface area contributed by atoms with E-state index in [9.17, 15) is 4.79 Å². The van der Waals surface area contributed by atoms with Gasteiger partial charge in [-0.05, 0) is 25.3 Å². The highest BCUT2D eigenvalue weighted by Gasteiger charge is 2.20. The van der Waals surface area contributed by atoms with Crippen molar-refractivity contribution < 1.29 is 6.22 Å². The normalized spacial score (nSPS) is 13.1. The summed E-state index contributed by atoms with van der Waals surface area (Å²) in [5.41, 5.74) is 0.122. The van der Waals surface area contributed by atoms with Crippen LogP contribution in [0.1, 0.15) is 49.9 Å². The lowest BCUT2D eigenvalue weighted by Gasteiger charge is -2.27. The van der Waals surface area contributed by atoms with Crippen molar-refractivity contribution in [2.24, 2.45) is 5.41 Å². The molecule has 0 aliphatic rings.